The van der Waals surface area contributed by atoms with Gasteiger partial charge < -0.3 is 10.6 Å². The Kier molecular flexibility index (Phi) is 8.40. The Hall–Kier alpha value is -2.42. The first-order valence-corrected chi connectivity index (χ1v) is 12.1. The molecule has 0 bridgehead atoms. The Labute approximate surface area is 178 Å². The number of aryl methyl sites for hydroxylation is 2. The van der Waals surface area contributed by atoms with Crippen LogP contribution in [0.4, 0.5) is 4.39 Å². The number of rotatable bonds is 9. The van der Waals surface area contributed by atoms with Crippen molar-refractivity contribution in [3.8, 4) is 0 Å². The second-order valence-corrected chi connectivity index (χ2v) is 9.91. The van der Waals surface area contributed by atoms with Crippen LogP contribution in [0.1, 0.15) is 36.4 Å². The molecule has 0 saturated heterocycles. The molecule has 1 atom stereocenters. The number of aromatic nitrogens is 2. The first-order chi connectivity index (χ1) is 14.1. The Balaban J connectivity index is 2.05. The Morgan fingerprint density at radius 1 is 1.23 bits per heavy atom. The highest BCUT2D eigenvalue weighted by Crippen LogP contribution is 2.15. The van der Waals surface area contributed by atoms with E-state index in [1.165, 1.54) is 24.5 Å². The van der Waals surface area contributed by atoms with Gasteiger partial charge in [0.15, 0.2) is 15.8 Å². The molecule has 2 N–H and O–H groups in total. The lowest BCUT2D eigenvalue weighted by molar-refractivity contribution is 0.436. The fourth-order valence-corrected chi connectivity index (χ4v) is 4.01. The van der Waals surface area contributed by atoms with E-state index < -0.39 is 15.7 Å². The standard InChI is InChI=1S/C21H32FN5O2S/c1-6-23-21(24-11-15(2)13-27-17(4)9-16(3)26-27)25-12-19-10-20(22)8-7-18(19)14-30(5,28)29/h7-10,15H,6,11-14H2,1-5H3,(H2,23,24,25). The predicted molar refractivity (Wildman–Crippen MR) is 119 cm³/mol. The van der Waals surface area contributed by atoms with Crippen LogP contribution in [0.3, 0.4) is 0 Å². The largest absolute Gasteiger partial charge is 0.357 e. The molecule has 0 spiro atoms. The third kappa shape index (κ3) is 7.78. The van der Waals surface area contributed by atoms with Gasteiger partial charge in [-0.15, -0.1) is 0 Å². The Morgan fingerprint density at radius 2 is 1.97 bits per heavy atom. The van der Waals surface area contributed by atoms with E-state index in [2.05, 4.69) is 33.7 Å². The molecule has 30 heavy (non-hydrogen) atoms. The van der Waals surface area contributed by atoms with E-state index in [0.717, 1.165) is 17.9 Å². The van der Waals surface area contributed by atoms with Crippen molar-refractivity contribution in [2.24, 2.45) is 10.9 Å². The molecule has 166 valence electrons. The summed E-state index contributed by atoms with van der Waals surface area (Å²) >= 11 is 0. The van der Waals surface area contributed by atoms with Crippen LogP contribution in [0.5, 0.6) is 0 Å². The number of halogens is 1. The fraction of sp³-hybridized carbons (Fsp3) is 0.524. The van der Waals surface area contributed by atoms with Gasteiger partial charge in [-0.05, 0) is 56.0 Å². The number of nitrogens with zero attached hydrogens (tertiary/aromatic N) is 3. The van der Waals surface area contributed by atoms with E-state index in [0.29, 0.717) is 36.1 Å². The predicted octanol–water partition coefficient (Wildman–Crippen LogP) is 2.58. The minimum absolute atomic E-state index is 0.137. The summed E-state index contributed by atoms with van der Waals surface area (Å²) in [5.41, 5.74) is 3.26. The highest BCUT2D eigenvalue weighted by atomic mass is 32.2. The summed E-state index contributed by atoms with van der Waals surface area (Å²) in [6.45, 7) is 10.4. The number of hydrogen-bond acceptors (Lipinski definition) is 4. The molecule has 1 aromatic carbocycles. The van der Waals surface area contributed by atoms with Gasteiger partial charge >= 0.3 is 0 Å². The summed E-state index contributed by atoms with van der Waals surface area (Å²) in [6.07, 6.45) is 1.17. The molecular formula is C21H32FN5O2S. The van der Waals surface area contributed by atoms with Crippen molar-refractivity contribution in [1.29, 1.82) is 0 Å². The van der Waals surface area contributed by atoms with Gasteiger partial charge in [-0.2, -0.15) is 5.10 Å². The summed E-state index contributed by atoms with van der Waals surface area (Å²) in [6, 6.07) is 6.19. The fourth-order valence-electron chi connectivity index (χ4n) is 3.16. The zero-order valence-electron chi connectivity index (χ0n) is 18.4. The third-order valence-corrected chi connectivity index (χ3v) is 5.38. The van der Waals surface area contributed by atoms with Crippen LogP contribution in [-0.2, 0) is 28.7 Å². The number of benzene rings is 1. The molecule has 9 heteroatoms. The number of sulfone groups is 1. The van der Waals surface area contributed by atoms with Crippen LogP contribution in [0.25, 0.3) is 0 Å². The van der Waals surface area contributed by atoms with E-state index in [-0.39, 0.29) is 12.3 Å². The van der Waals surface area contributed by atoms with Crippen molar-refractivity contribution in [2.75, 3.05) is 19.3 Å². The molecular weight excluding hydrogens is 405 g/mol. The molecule has 0 radical (unpaired) electrons. The average Bonchev–Trinajstić information content (AvgIpc) is 2.95. The van der Waals surface area contributed by atoms with Crippen molar-refractivity contribution >= 4 is 15.8 Å². The quantitative estimate of drug-likeness (QED) is 0.465. The molecule has 0 aliphatic heterocycles. The van der Waals surface area contributed by atoms with E-state index in [4.69, 9.17) is 0 Å². The summed E-state index contributed by atoms with van der Waals surface area (Å²) < 4.78 is 39.0. The summed E-state index contributed by atoms with van der Waals surface area (Å²) in [4.78, 5) is 4.53. The van der Waals surface area contributed by atoms with E-state index in [1.54, 1.807) is 0 Å². The number of aliphatic imine (C=N–C) groups is 1. The molecule has 7 nitrogen and oxygen atoms in total. The van der Waals surface area contributed by atoms with E-state index >= 15 is 0 Å². The van der Waals surface area contributed by atoms with Crippen molar-refractivity contribution in [1.82, 2.24) is 20.4 Å². The summed E-state index contributed by atoms with van der Waals surface area (Å²) in [5, 5.41) is 11.0. The Morgan fingerprint density at radius 3 is 2.57 bits per heavy atom. The Bertz CT molecular complexity index is 985. The summed E-state index contributed by atoms with van der Waals surface area (Å²) in [5.74, 6) is 0.366. The minimum atomic E-state index is -3.22. The first kappa shape index (κ1) is 23.9. The van der Waals surface area contributed by atoms with Crippen LogP contribution >= 0.6 is 0 Å². The maximum Gasteiger partial charge on any atom is 0.191 e. The molecule has 2 rings (SSSR count). The van der Waals surface area contributed by atoms with Gasteiger partial charge in [0.25, 0.3) is 0 Å². The summed E-state index contributed by atoms with van der Waals surface area (Å²) in [7, 11) is -3.22. The lowest BCUT2D eigenvalue weighted by Gasteiger charge is -2.17. The molecule has 1 unspecified atom stereocenters. The maximum absolute atomic E-state index is 13.7. The molecule has 0 saturated carbocycles. The number of hydrogen-bond donors (Lipinski definition) is 2. The smallest absolute Gasteiger partial charge is 0.191 e. The van der Waals surface area contributed by atoms with E-state index in [9.17, 15) is 12.8 Å². The molecule has 1 aromatic heterocycles. The SMILES string of the molecule is CCNC(=NCc1cc(F)ccc1CS(C)(=O)=O)NCC(C)Cn1nc(C)cc1C. The second kappa shape index (κ2) is 10.6. The molecule has 0 aliphatic carbocycles. The maximum atomic E-state index is 13.7. The zero-order valence-corrected chi connectivity index (χ0v) is 19.2. The minimum Gasteiger partial charge on any atom is -0.357 e. The topological polar surface area (TPSA) is 88.4 Å². The van der Waals surface area contributed by atoms with Gasteiger partial charge in [-0.3, -0.25) is 4.68 Å². The number of nitrogens with one attached hydrogen (secondary N) is 2. The third-order valence-electron chi connectivity index (χ3n) is 4.54. The van der Waals surface area contributed by atoms with Gasteiger partial charge in [0.2, 0.25) is 0 Å². The van der Waals surface area contributed by atoms with Gasteiger partial charge in [0.1, 0.15) is 5.82 Å². The van der Waals surface area contributed by atoms with Crippen molar-refractivity contribution < 1.29 is 12.8 Å². The van der Waals surface area contributed by atoms with Crippen molar-refractivity contribution in [3.05, 3.63) is 52.6 Å². The monoisotopic (exact) mass is 437 g/mol. The van der Waals surface area contributed by atoms with Crippen LogP contribution in [0, 0.1) is 25.6 Å². The van der Waals surface area contributed by atoms with Crippen molar-refractivity contribution in [3.63, 3.8) is 0 Å². The molecule has 0 fully saturated rings. The normalized spacial score (nSPS) is 13.3. The average molecular weight is 438 g/mol. The van der Waals surface area contributed by atoms with E-state index in [1.807, 2.05) is 25.5 Å². The van der Waals surface area contributed by atoms with Crippen LogP contribution < -0.4 is 10.6 Å². The lowest BCUT2D eigenvalue weighted by atomic mass is 10.1. The molecule has 0 amide bonds. The molecule has 2 aromatic rings. The second-order valence-electron chi connectivity index (χ2n) is 7.77. The lowest BCUT2D eigenvalue weighted by Crippen LogP contribution is -2.40. The molecule has 0 aliphatic rings. The van der Waals surface area contributed by atoms with Gasteiger partial charge in [-0.25, -0.2) is 17.8 Å². The zero-order chi connectivity index (χ0) is 22.3. The van der Waals surface area contributed by atoms with Gasteiger partial charge in [-0.1, -0.05) is 13.0 Å². The number of guanidine groups is 1. The van der Waals surface area contributed by atoms with Crippen LogP contribution in [0.2, 0.25) is 0 Å². The van der Waals surface area contributed by atoms with Crippen molar-refractivity contribution in [2.45, 2.75) is 46.5 Å². The highest BCUT2D eigenvalue weighted by Gasteiger charge is 2.12. The van der Waals surface area contributed by atoms with Crippen LogP contribution in [0.15, 0.2) is 29.3 Å². The van der Waals surface area contributed by atoms with Gasteiger partial charge in [0, 0.05) is 31.6 Å². The highest BCUT2D eigenvalue weighted by molar-refractivity contribution is 7.89. The van der Waals surface area contributed by atoms with Crippen LogP contribution in [-0.4, -0.2) is 43.5 Å². The van der Waals surface area contributed by atoms with Gasteiger partial charge in [0.05, 0.1) is 18.0 Å². The first-order valence-electron chi connectivity index (χ1n) is 10.1. The molecule has 1 heterocycles.